The van der Waals surface area contributed by atoms with E-state index in [2.05, 4.69) is 26.1 Å². The summed E-state index contributed by atoms with van der Waals surface area (Å²) in [6.45, 7) is 10.5. The number of nitrogens with zero attached hydrogens (tertiary/aromatic N) is 1. The van der Waals surface area contributed by atoms with Crippen molar-refractivity contribution in [1.82, 2.24) is 10.2 Å². The monoisotopic (exact) mass is 270 g/mol. The molecule has 0 aromatic rings. The van der Waals surface area contributed by atoms with Crippen LogP contribution in [0.4, 0.5) is 0 Å². The van der Waals surface area contributed by atoms with Crippen LogP contribution in [0.2, 0.25) is 0 Å². The zero-order valence-electron chi connectivity index (χ0n) is 12.8. The first-order valence-corrected chi connectivity index (χ1v) is 7.75. The predicted molar refractivity (Wildman–Crippen MR) is 78.2 cm³/mol. The molecule has 1 N–H and O–H groups in total. The summed E-state index contributed by atoms with van der Waals surface area (Å²) < 4.78 is 5.60. The molecule has 1 saturated heterocycles. The highest BCUT2D eigenvalue weighted by Gasteiger charge is 2.27. The van der Waals surface area contributed by atoms with Gasteiger partial charge in [-0.15, -0.1) is 0 Å². The topological polar surface area (TPSA) is 41.6 Å². The molecule has 4 heteroatoms. The molecule has 1 fully saturated rings. The minimum Gasteiger partial charge on any atom is -0.380 e. The van der Waals surface area contributed by atoms with Gasteiger partial charge in [0.05, 0.1) is 12.6 Å². The molecule has 1 heterocycles. The number of hydrogen-bond donors (Lipinski definition) is 1. The Balaban J connectivity index is 2.19. The molecule has 112 valence electrons. The number of carbonyl (C=O) groups is 1. The third kappa shape index (κ3) is 6.39. The minimum atomic E-state index is 0.0318. The molecule has 1 unspecified atom stereocenters. The molecular weight excluding hydrogens is 240 g/mol. The van der Waals surface area contributed by atoms with Crippen molar-refractivity contribution in [2.24, 2.45) is 5.92 Å². The third-order valence-electron chi connectivity index (χ3n) is 3.52. The number of rotatable bonds is 9. The van der Waals surface area contributed by atoms with Crippen LogP contribution < -0.4 is 5.32 Å². The zero-order valence-corrected chi connectivity index (χ0v) is 12.8. The maximum atomic E-state index is 12.2. The molecule has 0 spiro atoms. The Morgan fingerprint density at radius 1 is 1.42 bits per heavy atom. The highest BCUT2D eigenvalue weighted by atomic mass is 16.5. The van der Waals surface area contributed by atoms with E-state index < -0.39 is 0 Å². The Hall–Kier alpha value is -0.610. The fourth-order valence-electron chi connectivity index (χ4n) is 2.27. The van der Waals surface area contributed by atoms with Gasteiger partial charge in [0, 0.05) is 19.7 Å². The summed E-state index contributed by atoms with van der Waals surface area (Å²) in [6, 6.07) is 0.0318. The summed E-state index contributed by atoms with van der Waals surface area (Å²) in [7, 11) is 0. The summed E-state index contributed by atoms with van der Waals surface area (Å²) in [5.41, 5.74) is 0. The minimum absolute atomic E-state index is 0.0318. The van der Waals surface area contributed by atoms with Gasteiger partial charge in [0.2, 0.25) is 5.91 Å². The molecule has 0 bridgehead atoms. The number of likely N-dealkylation sites (tertiary alicyclic amines) is 1. The van der Waals surface area contributed by atoms with Gasteiger partial charge in [0.15, 0.2) is 0 Å². The van der Waals surface area contributed by atoms with Crippen LogP contribution in [0.15, 0.2) is 0 Å². The summed E-state index contributed by atoms with van der Waals surface area (Å²) in [5.74, 6) is 0.936. The van der Waals surface area contributed by atoms with Crippen molar-refractivity contribution in [3.63, 3.8) is 0 Å². The van der Waals surface area contributed by atoms with Gasteiger partial charge in [-0.05, 0) is 38.1 Å². The lowest BCUT2D eigenvalue weighted by molar-refractivity contribution is -0.136. The quantitative estimate of drug-likeness (QED) is 0.652. The van der Waals surface area contributed by atoms with Crippen LogP contribution in [0, 0.1) is 5.92 Å². The highest BCUT2D eigenvalue weighted by molar-refractivity contribution is 5.82. The second-order valence-corrected chi connectivity index (χ2v) is 5.77. The van der Waals surface area contributed by atoms with Crippen molar-refractivity contribution in [3.05, 3.63) is 0 Å². The molecule has 0 saturated carbocycles. The van der Waals surface area contributed by atoms with E-state index in [1.54, 1.807) is 0 Å². The van der Waals surface area contributed by atoms with Crippen LogP contribution in [-0.2, 0) is 9.53 Å². The van der Waals surface area contributed by atoms with E-state index in [0.717, 1.165) is 51.9 Å². The number of amides is 1. The van der Waals surface area contributed by atoms with Crippen molar-refractivity contribution in [2.45, 2.75) is 52.5 Å². The Labute approximate surface area is 117 Å². The molecule has 1 rings (SSSR count). The van der Waals surface area contributed by atoms with Gasteiger partial charge in [-0.1, -0.05) is 20.8 Å². The maximum absolute atomic E-state index is 12.2. The fraction of sp³-hybridized carbons (Fsp3) is 0.933. The Kier molecular flexibility index (Phi) is 8.07. The number of nitrogens with one attached hydrogen (secondary N) is 1. The van der Waals surface area contributed by atoms with Gasteiger partial charge in [0.25, 0.3) is 0 Å². The van der Waals surface area contributed by atoms with Crippen molar-refractivity contribution >= 4 is 5.91 Å². The van der Waals surface area contributed by atoms with Gasteiger partial charge in [-0.25, -0.2) is 0 Å². The maximum Gasteiger partial charge on any atom is 0.239 e. The first-order chi connectivity index (χ1) is 9.15. The molecule has 1 aliphatic heterocycles. The zero-order chi connectivity index (χ0) is 14.1. The number of hydrogen-bond acceptors (Lipinski definition) is 3. The van der Waals surface area contributed by atoms with Gasteiger partial charge >= 0.3 is 0 Å². The van der Waals surface area contributed by atoms with Gasteiger partial charge in [-0.3, -0.25) is 4.79 Å². The lowest BCUT2D eigenvalue weighted by atomic mass is 10.0. The highest BCUT2D eigenvalue weighted by Crippen LogP contribution is 2.11. The lowest BCUT2D eigenvalue weighted by Gasteiger charge is -2.32. The van der Waals surface area contributed by atoms with E-state index >= 15 is 0 Å². The van der Waals surface area contributed by atoms with Crippen molar-refractivity contribution in [1.29, 1.82) is 0 Å². The second-order valence-electron chi connectivity index (χ2n) is 5.77. The smallest absolute Gasteiger partial charge is 0.239 e. The van der Waals surface area contributed by atoms with Gasteiger partial charge < -0.3 is 15.0 Å². The van der Waals surface area contributed by atoms with Crippen LogP contribution in [-0.4, -0.2) is 49.7 Å². The summed E-state index contributed by atoms with van der Waals surface area (Å²) >= 11 is 0. The summed E-state index contributed by atoms with van der Waals surface area (Å²) in [4.78, 5) is 14.2. The molecule has 0 aromatic heterocycles. The predicted octanol–water partition coefficient (Wildman–Crippen LogP) is 2.04. The fourth-order valence-corrected chi connectivity index (χ4v) is 2.27. The van der Waals surface area contributed by atoms with Crippen LogP contribution in [0.3, 0.4) is 0 Å². The van der Waals surface area contributed by atoms with Crippen molar-refractivity contribution in [2.75, 3.05) is 32.8 Å². The van der Waals surface area contributed by atoms with E-state index in [-0.39, 0.29) is 11.9 Å². The molecule has 0 aliphatic carbocycles. The SMILES string of the molecule is CCCNC1CCCN(CCOCCC(C)C)C1=O. The molecule has 1 aliphatic rings. The van der Waals surface area contributed by atoms with Gasteiger partial charge in [-0.2, -0.15) is 0 Å². The Morgan fingerprint density at radius 2 is 2.21 bits per heavy atom. The molecule has 19 heavy (non-hydrogen) atoms. The normalized spacial score (nSPS) is 20.3. The van der Waals surface area contributed by atoms with Crippen LogP contribution in [0.1, 0.15) is 46.5 Å². The van der Waals surface area contributed by atoms with Gasteiger partial charge in [0.1, 0.15) is 0 Å². The summed E-state index contributed by atoms with van der Waals surface area (Å²) in [5, 5.41) is 3.34. The Bertz CT molecular complexity index is 257. The molecule has 1 atom stereocenters. The van der Waals surface area contributed by atoms with Crippen LogP contribution in [0.25, 0.3) is 0 Å². The number of ether oxygens (including phenoxy) is 1. The number of piperidine rings is 1. The largest absolute Gasteiger partial charge is 0.380 e. The average Bonchev–Trinajstić information content (AvgIpc) is 2.38. The summed E-state index contributed by atoms with van der Waals surface area (Å²) in [6.07, 6.45) is 4.24. The molecule has 1 amide bonds. The van der Waals surface area contributed by atoms with Crippen molar-refractivity contribution < 1.29 is 9.53 Å². The first-order valence-electron chi connectivity index (χ1n) is 7.75. The third-order valence-corrected chi connectivity index (χ3v) is 3.52. The van der Waals surface area contributed by atoms with E-state index in [1.165, 1.54) is 0 Å². The van der Waals surface area contributed by atoms with Crippen LogP contribution in [0.5, 0.6) is 0 Å². The number of carbonyl (C=O) groups excluding carboxylic acids is 1. The first kappa shape index (κ1) is 16.4. The molecule has 0 radical (unpaired) electrons. The molecule has 4 nitrogen and oxygen atoms in total. The molecular formula is C15H30N2O2. The van der Waals surface area contributed by atoms with Crippen LogP contribution >= 0.6 is 0 Å². The van der Waals surface area contributed by atoms with E-state index in [9.17, 15) is 4.79 Å². The van der Waals surface area contributed by atoms with E-state index in [0.29, 0.717) is 12.5 Å². The Morgan fingerprint density at radius 3 is 2.89 bits per heavy atom. The standard InChI is InChI=1S/C15H30N2O2/c1-4-8-16-14-6-5-9-17(15(14)18)10-12-19-11-7-13(2)3/h13-14,16H,4-12H2,1-3H3. The van der Waals surface area contributed by atoms with Crippen molar-refractivity contribution in [3.8, 4) is 0 Å². The van der Waals surface area contributed by atoms with E-state index in [4.69, 9.17) is 4.74 Å². The average molecular weight is 270 g/mol. The van der Waals surface area contributed by atoms with E-state index in [1.807, 2.05) is 4.90 Å². The second kappa shape index (κ2) is 9.32. The molecule has 0 aromatic carbocycles. The lowest BCUT2D eigenvalue weighted by Crippen LogP contribution is -2.51.